The van der Waals surface area contributed by atoms with Crippen molar-refractivity contribution in [2.24, 2.45) is 17.8 Å². The van der Waals surface area contributed by atoms with Crippen LogP contribution in [0.15, 0.2) is 46.4 Å². The van der Waals surface area contributed by atoms with Gasteiger partial charge in [-0.2, -0.15) is 0 Å². The van der Waals surface area contributed by atoms with Crippen LogP contribution in [0.2, 0.25) is 0 Å². The second kappa shape index (κ2) is 9.56. The molecule has 1 heterocycles. The summed E-state index contributed by atoms with van der Waals surface area (Å²) in [6.07, 6.45) is 9.31. The number of urea groups is 1. The van der Waals surface area contributed by atoms with E-state index in [0.717, 1.165) is 22.7 Å². The molecule has 0 radical (unpaired) electrons. The topological polar surface area (TPSA) is 84.9 Å². The first kappa shape index (κ1) is 25.2. The molecule has 0 unspecified atom stereocenters. The third kappa shape index (κ3) is 4.23. The van der Waals surface area contributed by atoms with E-state index in [-0.39, 0.29) is 11.0 Å². The van der Waals surface area contributed by atoms with Crippen LogP contribution < -0.4 is 19.7 Å². The number of hydrogen-bond acceptors (Lipinski definition) is 5. The van der Waals surface area contributed by atoms with E-state index in [1.165, 1.54) is 50.2 Å². The molecule has 4 bridgehead atoms. The first-order valence-corrected chi connectivity index (χ1v) is 14.1. The Balaban J connectivity index is 1.30. The maximum Gasteiger partial charge on any atom is 0.335 e. The maximum absolute atomic E-state index is 13.5. The largest absolute Gasteiger partial charge is 0.493 e. The molecule has 4 aliphatic carbocycles. The van der Waals surface area contributed by atoms with Crippen molar-refractivity contribution in [3.05, 3.63) is 57.6 Å². The molecule has 1 aliphatic heterocycles. The summed E-state index contributed by atoms with van der Waals surface area (Å²) in [5, 5.41) is 2.32. The van der Waals surface area contributed by atoms with Gasteiger partial charge in [-0.05, 0) is 110 Å². The van der Waals surface area contributed by atoms with Crippen LogP contribution in [-0.4, -0.2) is 31.6 Å². The molecule has 1 saturated heterocycles. The van der Waals surface area contributed by atoms with Gasteiger partial charge >= 0.3 is 6.03 Å². The number of anilines is 1. The molecule has 7 rings (SSSR count). The monoisotopic (exact) mass is 578 g/mol. The quantitative estimate of drug-likeness (QED) is 0.336. The molecule has 1 N–H and O–H groups in total. The van der Waals surface area contributed by atoms with E-state index in [1.54, 1.807) is 19.2 Å². The number of carbonyl (C=O) groups excluding carboxylic acids is 3. The number of imide groups is 2. The van der Waals surface area contributed by atoms with Gasteiger partial charge in [-0.3, -0.25) is 14.9 Å². The van der Waals surface area contributed by atoms with Crippen molar-refractivity contribution >= 4 is 45.5 Å². The molecule has 198 valence electrons. The summed E-state index contributed by atoms with van der Waals surface area (Å²) in [6, 6.07) is 10.5. The summed E-state index contributed by atoms with van der Waals surface area (Å²) in [7, 11) is 1.54. The molecule has 5 aliphatic rings. The van der Waals surface area contributed by atoms with Gasteiger partial charge in [0.1, 0.15) is 5.57 Å². The summed E-state index contributed by atoms with van der Waals surface area (Å²) in [5.41, 5.74) is 2.40. The average Bonchev–Trinajstić information content (AvgIpc) is 2.87. The summed E-state index contributed by atoms with van der Waals surface area (Å²) < 4.78 is 11.6. The van der Waals surface area contributed by atoms with Gasteiger partial charge in [-0.25, -0.2) is 9.69 Å². The highest BCUT2D eigenvalue weighted by Gasteiger charge is 2.51. The van der Waals surface area contributed by atoms with Crippen LogP contribution in [0.4, 0.5) is 10.5 Å². The Bertz CT molecular complexity index is 1310. The molecular formula is C30H31BrN2O5. The molecule has 0 atom stereocenters. The number of barbiturate groups is 1. The van der Waals surface area contributed by atoms with Gasteiger partial charge in [-0.1, -0.05) is 28.1 Å². The SMILES string of the molecule is CCOc1cc(/C=C2\C(=O)NC(=O)N(c3ccc(C45CC6CC(CC(C6)C4)C5)cc3)C2=O)c(Br)cc1OC. The molecule has 38 heavy (non-hydrogen) atoms. The Morgan fingerprint density at radius 2 is 1.63 bits per heavy atom. The van der Waals surface area contributed by atoms with Gasteiger partial charge in [0.25, 0.3) is 11.8 Å². The Kier molecular flexibility index (Phi) is 6.33. The zero-order chi connectivity index (χ0) is 26.6. The maximum atomic E-state index is 13.5. The third-order valence-corrected chi connectivity index (χ3v) is 9.45. The molecule has 2 aromatic rings. The standard InChI is InChI=1S/C30H31BrN2O5/c1-3-38-26-12-20(24(31)13-25(26)37-2)11-23-27(34)32-29(36)33(28(23)35)22-6-4-21(5-7-22)30-14-17-8-18(15-30)10-19(9-17)16-30/h4-7,11-13,17-19H,3,8-10,14-16H2,1-2H3,(H,32,34,36)/b23-11+. The lowest BCUT2D eigenvalue weighted by Crippen LogP contribution is -2.54. The van der Waals surface area contributed by atoms with Gasteiger partial charge in [-0.15, -0.1) is 0 Å². The number of nitrogens with one attached hydrogen (secondary N) is 1. The van der Waals surface area contributed by atoms with Gasteiger partial charge in [0.2, 0.25) is 0 Å². The molecule has 4 saturated carbocycles. The molecule has 5 fully saturated rings. The van der Waals surface area contributed by atoms with Crippen molar-refractivity contribution in [2.75, 3.05) is 18.6 Å². The van der Waals surface area contributed by atoms with Crippen LogP contribution in [0.5, 0.6) is 11.5 Å². The molecule has 0 spiro atoms. The summed E-state index contributed by atoms with van der Waals surface area (Å²) in [6.45, 7) is 2.28. The number of rotatable bonds is 6. The van der Waals surface area contributed by atoms with E-state index in [4.69, 9.17) is 9.47 Å². The number of ether oxygens (including phenoxy) is 2. The van der Waals surface area contributed by atoms with Crippen LogP contribution in [0.25, 0.3) is 6.08 Å². The van der Waals surface area contributed by atoms with Gasteiger partial charge in [0.15, 0.2) is 11.5 Å². The predicted molar refractivity (Wildman–Crippen MR) is 147 cm³/mol. The number of halogens is 1. The van der Waals surface area contributed by atoms with Crippen molar-refractivity contribution < 1.29 is 23.9 Å². The fourth-order valence-corrected chi connectivity index (χ4v) is 8.00. The Labute approximate surface area is 230 Å². The first-order valence-electron chi connectivity index (χ1n) is 13.3. The van der Waals surface area contributed by atoms with E-state index in [0.29, 0.717) is 33.8 Å². The Morgan fingerprint density at radius 1 is 1.00 bits per heavy atom. The number of carbonyl (C=O) groups is 3. The second-order valence-electron chi connectivity index (χ2n) is 11.2. The van der Waals surface area contributed by atoms with Crippen molar-refractivity contribution in [1.29, 1.82) is 0 Å². The minimum atomic E-state index is -0.747. The number of methoxy groups -OCH3 is 1. The minimum Gasteiger partial charge on any atom is -0.493 e. The summed E-state index contributed by atoms with van der Waals surface area (Å²) in [5.74, 6) is 2.10. The first-order chi connectivity index (χ1) is 18.3. The number of nitrogens with zero attached hydrogens (tertiary/aromatic N) is 1. The normalized spacial score (nSPS) is 29.1. The smallest absolute Gasteiger partial charge is 0.335 e. The zero-order valence-corrected chi connectivity index (χ0v) is 23.2. The molecule has 0 aromatic heterocycles. The average molecular weight is 579 g/mol. The number of benzene rings is 2. The highest BCUT2D eigenvalue weighted by atomic mass is 79.9. The highest BCUT2D eigenvalue weighted by molar-refractivity contribution is 9.10. The fraction of sp³-hybridized carbons (Fsp3) is 0.433. The number of hydrogen-bond donors (Lipinski definition) is 1. The lowest BCUT2D eigenvalue weighted by molar-refractivity contribution is -0.122. The predicted octanol–water partition coefficient (Wildman–Crippen LogP) is 5.99. The van der Waals surface area contributed by atoms with Crippen molar-refractivity contribution in [3.63, 3.8) is 0 Å². The van der Waals surface area contributed by atoms with E-state index in [9.17, 15) is 14.4 Å². The van der Waals surface area contributed by atoms with E-state index in [1.807, 2.05) is 19.1 Å². The van der Waals surface area contributed by atoms with Crippen molar-refractivity contribution in [1.82, 2.24) is 5.32 Å². The highest BCUT2D eigenvalue weighted by Crippen LogP contribution is 2.60. The van der Waals surface area contributed by atoms with E-state index < -0.39 is 17.8 Å². The van der Waals surface area contributed by atoms with E-state index in [2.05, 4.69) is 33.4 Å². The Hall–Kier alpha value is -3.13. The summed E-state index contributed by atoms with van der Waals surface area (Å²) >= 11 is 3.48. The van der Waals surface area contributed by atoms with Crippen LogP contribution in [0.1, 0.15) is 56.6 Å². The Morgan fingerprint density at radius 3 is 2.21 bits per heavy atom. The van der Waals surface area contributed by atoms with Crippen LogP contribution in [-0.2, 0) is 15.0 Å². The molecule has 4 amide bonds. The minimum absolute atomic E-state index is 0.136. The molecule has 8 heteroatoms. The molecular weight excluding hydrogens is 548 g/mol. The second-order valence-corrected chi connectivity index (χ2v) is 12.0. The van der Waals surface area contributed by atoms with Crippen molar-refractivity contribution in [2.45, 2.75) is 50.9 Å². The van der Waals surface area contributed by atoms with Crippen LogP contribution in [0.3, 0.4) is 0 Å². The number of amides is 4. The van der Waals surface area contributed by atoms with Gasteiger partial charge in [0.05, 0.1) is 19.4 Å². The van der Waals surface area contributed by atoms with Crippen molar-refractivity contribution in [3.8, 4) is 11.5 Å². The van der Waals surface area contributed by atoms with Gasteiger partial charge < -0.3 is 9.47 Å². The lowest BCUT2D eigenvalue weighted by Gasteiger charge is -2.57. The molecule has 7 nitrogen and oxygen atoms in total. The third-order valence-electron chi connectivity index (χ3n) is 8.76. The molecule has 2 aromatic carbocycles. The van der Waals surface area contributed by atoms with Crippen LogP contribution in [0, 0.1) is 17.8 Å². The van der Waals surface area contributed by atoms with Crippen LogP contribution >= 0.6 is 15.9 Å². The fourth-order valence-electron chi connectivity index (χ4n) is 7.57. The summed E-state index contributed by atoms with van der Waals surface area (Å²) in [4.78, 5) is 40.1. The van der Waals surface area contributed by atoms with Gasteiger partial charge in [0, 0.05) is 4.47 Å². The van der Waals surface area contributed by atoms with E-state index >= 15 is 0 Å². The lowest BCUT2D eigenvalue weighted by atomic mass is 9.48. The zero-order valence-electron chi connectivity index (χ0n) is 21.6.